The van der Waals surface area contributed by atoms with E-state index in [1.54, 1.807) is 19.9 Å². The summed E-state index contributed by atoms with van der Waals surface area (Å²) in [5, 5.41) is 39.6. The number of carboxylic acids is 1. The van der Waals surface area contributed by atoms with E-state index in [-0.39, 0.29) is 29.1 Å². The van der Waals surface area contributed by atoms with Crippen molar-refractivity contribution in [2.24, 2.45) is 5.92 Å². The molecule has 1 aliphatic rings. The van der Waals surface area contributed by atoms with Gasteiger partial charge in [0, 0.05) is 5.56 Å². The van der Waals surface area contributed by atoms with E-state index in [1.807, 2.05) is 0 Å². The maximum absolute atomic E-state index is 11.4. The van der Waals surface area contributed by atoms with Gasteiger partial charge in [-0.3, -0.25) is 0 Å². The summed E-state index contributed by atoms with van der Waals surface area (Å²) in [5.41, 5.74) is 0.754. The zero-order valence-electron chi connectivity index (χ0n) is 15.5. The topological polar surface area (TPSA) is 98.0 Å². The van der Waals surface area contributed by atoms with Crippen molar-refractivity contribution in [2.45, 2.75) is 76.9 Å². The number of phenols is 1. The summed E-state index contributed by atoms with van der Waals surface area (Å²) in [7, 11) is 0. The lowest BCUT2D eigenvalue weighted by molar-refractivity contribution is -0.0538. The molecule has 1 aliphatic carbocycles. The van der Waals surface area contributed by atoms with Crippen LogP contribution in [0.5, 0.6) is 5.75 Å². The lowest BCUT2D eigenvalue weighted by Crippen LogP contribution is -2.36. The average molecular weight is 350 g/mol. The minimum absolute atomic E-state index is 0.0656. The fourth-order valence-electron chi connectivity index (χ4n) is 3.92. The van der Waals surface area contributed by atoms with Crippen LogP contribution in [-0.4, -0.2) is 38.1 Å². The lowest BCUT2D eigenvalue weighted by Gasteiger charge is -2.35. The molecule has 0 aromatic heterocycles. The summed E-state index contributed by atoms with van der Waals surface area (Å²) >= 11 is 0. The molecule has 2 rings (SSSR count). The molecule has 5 heteroatoms. The minimum Gasteiger partial charge on any atom is -0.508 e. The van der Waals surface area contributed by atoms with Gasteiger partial charge in [-0.15, -0.1) is 0 Å². The Labute approximate surface area is 149 Å². The minimum atomic E-state index is -1.13. The molecule has 0 bridgehead atoms. The molecular weight excluding hydrogens is 320 g/mol. The Kier molecular flexibility index (Phi) is 5.79. The van der Waals surface area contributed by atoms with Crippen molar-refractivity contribution >= 4 is 5.97 Å². The molecule has 0 radical (unpaired) electrons. The maximum Gasteiger partial charge on any atom is 0.335 e. The molecule has 0 amide bonds. The summed E-state index contributed by atoms with van der Waals surface area (Å²) in [4.78, 5) is 11.4. The van der Waals surface area contributed by atoms with Crippen LogP contribution < -0.4 is 0 Å². The third kappa shape index (κ3) is 4.33. The third-order valence-corrected chi connectivity index (χ3v) is 5.64. The second-order valence-electron chi connectivity index (χ2n) is 8.11. The van der Waals surface area contributed by atoms with Crippen molar-refractivity contribution in [3.63, 3.8) is 0 Å². The smallest absolute Gasteiger partial charge is 0.335 e. The zero-order valence-corrected chi connectivity index (χ0v) is 15.5. The average Bonchev–Trinajstić information content (AvgIpc) is 2.50. The number of aliphatic hydroxyl groups is 2. The number of benzene rings is 1. The fourth-order valence-corrected chi connectivity index (χ4v) is 3.92. The second-order valence-corrected chi connectivity index (χ2v) is 8.11. The van der Waals surface area contributed by atoms with Gasteiger partial charge in [-0.05, 0) is 75.0 Å². The normalized spacial score (nSPS) is 23.0. The Hall–Kier alpha value is -1.59. The standard InChI is InChI=1S/C20H30O5/c1-11(6-8-17(22)20(3,4)25)14-7-5-12(2)18-15(14)9-13(19(23)24)10-16(18)21/h9-12,14,17,21-22,25H,5-8H2,1-4H3,(H,23,24)/t11-,12+,14-,17?/m0/s1. The Balaban J connectivity index is 2.26. The van der Waals surface area contributed by atoms with Crippen LogP contribution in [0.15, 0.2) is 12.1 Å². The molecule has 5 nitrogen and oxygen atoms in total. The second kappa shape index (κ2) is 7.34. The fraction of sp³-hybridized carbons (Fsp3) is 0.650. The Morgan fingerprint density at radius 1 is 1.28 bits per heavy atom. The van der Waals surface area contributed by atoms with E-state index in [2.05, 4.69) is 13.8 Å². The molecule has 0 saturated carbocycles. The van der Waals surface area contributed by atoms with Gasteiger partial charge in [-0.1, -0.05) is 13.8 Å². The number of hydrogen-bond donors (Lipinski definition) is 4. The first kappa shape index (κ1) is 19.7. The van der Waals surface area contributed by atoms with Crippen LogP contribution in [0.3, 0.4) is 0 Å². The number of aliphatic hydroxyl groups excluding tert-OH is 1. The number of aromatic carboxylic acids is 1. The lowest BCUT2D eigenvalue weighted by atomic mass is 9.70. The van der Waals surface area contributed by atoms with E-state index in [4.69, 9.17) is 0 Å². The molecule has 0 aliphatic heterocycles. The van der Waals surface area contributed by atoms with Crippen LogP contribution in [0.4, 0.5) is 0 Å². The Morgan fingerprint density at radius 3 is 2.48 bits per heavy atom. The monoisotopic (exact) mass is 350 g/mol. The predicted octanol–water partition coefficient (Wildman–Crippen LogP) is 3.62. The van der Waals surface area contributed by atoms with Gasteiger partial charge in [0.25, 0.3) is 0 Å². The van der Waals surface area contributed by atoms with Crippen LogP contribution in [0, 0.1) is 5.92 Å². The molecule has 1 aromatic rings. The summed E-state index contributed by atoms with van der Waals surface area (Å²) in [5.74, 6) is -0.420. The highest BCUT2D eigenvalue weighted by atomic mass is 16.4. The third-order valence-electron chi connectivity index (χ3n) is 5.64. The van der Waals surface area contributed by atoms with E-state index in [1.165, 1.54) is 6.07 Å². The highest BCUT2D eigenvalue weighted by molar-refractivity contribution is 5.88. The SMILES string of the molecule is C[C@@H]1CC[C@@H]([C@@H](C)CCC(O)C(C)(C)O)c2cc(C(=O)O)cc(O)c21. The molecule has 0 saturated heterocycles. The Morgan fingerprint density at radius 2 is 1.92 bits per heavy atom. The van der Waals surface area contributed by atoms with Crippen LogP contribution in [0.25, 0.3) is 0 Å². The van der Waals surface area contributed by atoms with Crippen LogP contribution >= 0.6 is 0 Å². The zero-order chi connectivity index (χ0) is 18.9. The van der Waals surface area contributed by atoms with E-state index < -0.39 is 17.7 Å². The first-order valence-electron chi connectivity index (χ1n) is 9.02. The van der Waals surface area contributed by atoms with Crippen molar-refractivity contribution in [2.75, 3.05) is 0 Å². The van der Waals surface area contributed by atoms with Crippen molar-refractivity contribution in [3.05, 3.63) is 28.8 Å². The number of fused-ring (bicyclic) bond motifs is 1. The summed E-state index contributed by atoms with van der Waals surface area (Å²) < 4.78 is 0. The summed E-state index contributed by atoms with van der Waals surface area (Å²) in [6.45, 7) is 7.33. The number of rotatable bonds is 6. The van der Waals surface area contributed by atoms with Crippen molar-refractivity contribution < 1.29 is 25.2 Å². The molecular formula is C20H30O5. The molecule has 1 aromatic carbocycles. The quantitative estimate of drug-likeness (QED) is 0.628. The van der Waals surface area contributed by atoms with E-state index >= 15 is 0 Å². The molecule has 4 N–H and O–H groups in total. The molecule has 25 heavy (non-hydrogen) atoms. The molecule has 0 spiro atoms. The van der Waals surface area contributed by atoms with Gasteiger partial charge < -0.3 is 20.4 Å². The van der Waals surface area contributed by atoms with Crippen molar-refractivity contribution in [1.82, 2.24) is 0 Å². The number of aromatic hydroxyl groups is 1. The molecule has 1 unspecified atom stereocenters. The van der Waals surface area contributed by atoms with Crippen molar-refractivity contribution in [3.8, 4) is 5.75 Å². The van der Waals surface area contributed by atoms with Crippen LogP contribution in [-0.2, 0) is 0 Å². The highest BCUT2D eigenvalue weighted by Crippen LogP contribution is 2.47. The molecule has 0 fully saturated rings. The maximum atomic E-state index is 11.4. The highest BCUT2D eigenvalue weighted by Gasteiger charge is 2.33. The van der Waals surface area contributed by atoms with Crippen molar-refractivity contribution in [1.29, 1.82) is 0 Å². The Bertz CT molecular complexity index is 632. The number of phenolic OH excluding ortho intramolecular Hbond substituents is 1. The first-order valence-corrected chi connectivity index (χ1v) is 9.02. The van der Waals surface area contributed by atoms with Gasteiger partial charge in [0.05, 0.1) is 17.3 Å². The summed E-state index contributed by atoms with van der Waals surface area (Å²) in [6.07, 6.45) is 2.28. The van der Waals surface area contributed by atoms with Gasteiger partial charge >= 0.3 is 5.97 Å². The number of hydrogen-bond acceptors (Lipinski definition) is 4. The van der Waals surface area contributed by atoms with Crippen LogP contribution in [0.1, 0.15) is 86.7 Å². The van der Waals surface area contributed by atoms with E-state index in [0.717, 1.165) is 30.4 Å². The summed E-state index contributed by atoms with van der Waals surface area (Å²) in [6, 6.07) is 3.03. The van der Waals surface area contributed by atoms with E-state index in [9.17, 15) is 25.2 Å². The first-order chi connectivity index (χ1) is 11.5. The van der Waals surface area contributed by atoms with E-state index in [0.29, 0.717) is 6.42 Å². The van der Waals surface area contributed by atoms with Gasteiger partial charge in [0.2, 0.25) is 0 Å². The molecule has 4 atom stereocenters. The molecule has 140 valence electrons. The van der Waals surface area contributed by atoms with Gasteiger partial charge in [-0.2, -0.15) is 0 Å². The predicted molar refractivity (Wildman–Crippen MR) is 96.2 cm³/mol. The number of carbonyl (C=O) groups is 1. The number of carboxylic acid groups (broad SMARTS) is 1. The van der Waals surface area contributed by atoms with Gasteiger partial charge in [0.15, 0.2) is 0 Å². The van der Waals surface area contributed by atoms with Crippen LogP contribution in [0.2, 0.25) is 0 Å². The van der Waals surface area contributed by atoms with Gasteiger partial charge in [-0.25, -0.2) is 4.79 Å². The van der Waals surface area contributed by atoms with Gasteiger partial charge in [0.1, 0.15) is 5.75 Å². The molecule has 0 heterocycles. The largest absolute Gasteiger partial charge is 0.508 e.